The fourth-order valence-corrected chi connectivity index (χ4v) is 2.73. The number of rotatable bonds is 2. The SMILES string of the molecule is CN1C/C(=C\c2ccc(F)cc2)C(=O)/C(=C/c2ccc(F)cc2)C1. The van der Waals surface area contributed by atoms with E-state index in [4.69, 9.17) is 0 Å². The number of Topliss-reactive ketones (excluding diaryl/α,β-unsaturated/α-hetero) is 1. The lowest BCUT2D eigenvalue weighted by molar-refractivity contribution is -0.113. The van der Waals surface area contributed by atoms with Crippen molar-refractivity contribution in [2.45, 2.75) is 0 Å². The van der Waals surface area contributed by atoms with Crippen LogP contribution in [0.25, 0.3) is 12.2 Å². The van der Waals surface area contributed by atoms with Gasteiger partial charge in [0.25, 0.3) is 0 Å². The Morgan fingerprint density at radius 1 is 0.792 bits per heavy atom. The highest BCUT2D eigenvalue weighted by atomic mass is 19.1. The second kappa shape index (κ2) is 6.89. The molecule has 0 N–H and O–H groups in total. The fourth-order valence-electron chi connectivity index (χ4n) is 2.73. The maximum Gasteiger partial charge on any atom is 0.187 e. The average molecular weight is 325 g/mol. The summed E-state index contributed by atoms with van der Waals surface area (Å²) >= 11 is 0. The summed E-state index contributed by atoms with van der Waals surface area (Å²) in [6.07, 6.45) is 3.58. The lowest BCUT2D eigenvalue weighted by Gasteiger charge is -2.26. The number of piperidine rings is 1. The molecular formula is C20H17F2NO. The topological polar surface area (TPSA) is 20.3 Å². The molecule has 24 heavy (non-hydrogen) atoms. The molecule has 0 atom stereocenters. The minimum absolute atomic E-state index is 0.0262. The molecule has 0 spiro atoms. The molecule has 2 aromatic carbocycles. The van der Waals surface area contributed by atoms with E-state index < -0.39 is 0 Å². The molecule has 0 saturated carbocycles. The van der Waals surface area contributed by atoms with Gasteiger partial charge < -0.3 is 0 Å². The number of hydrogen-bond donors (Lipinski definition) is 0. The van der Waals surface area contributed by atoms with E-state index in [1.807, 2.05) is 11.9 Å². The van der Waals surface area contributed by atoms with Gasteiger partial charge in [0.1, 0.15) is 11.6 Å². The van der Waals surface area contributed by atoms with E-state index in [-0.39, 0.29) is 17.4 Å². The van der Waals surface area contributed by atoms with E-state index >= 15 is 0 Å². The molecule has 0 unspecified atom stereocenters. The summed E-state index contributed by atoms with van der Waals surface area (Å²) in [6, 6.07) is 12.1. The minimum atomic E-state index is -0.305. The molecule has 0 aromatic heterocycles. The Labute approximate surface area is 139 Å². The molecule has 3 rings (SSSR count). The summed E-state index contributed by atoms with van der Waals surface area (Å²) < 4.78 is 26.0. The van der Waals surface area contributed by atoms with Gasteiger partial charge in [0.05, 0.1) is 0 Å². The van der Waals surface area contributed by atoms with E-state index in [2.05, 4.69) is 0 Å². The van der Waals surface area contributed by atoms with E-state index in [1.165, 1.54) is 24.3 Å². The maximum atomic E-state index is 13.0. The molecule has 1 saturated heterocycles. The van der Waals surface area contributed by atoms with Crippen LogP contribution in [0.2, 0.25) is 0 Å². The number of likely N-dealkylation sites (tertiary alicyclic amines) is 1. The summed E-state index contributed by atoms with van der Waals surface area (Å²) in [5.74, 6) is -0.635. The third-order valence-electron chi connectivity index (χ3n) is 3.89. The zero-order valence-corrected chi connectivity index (χ0v) is 13.3. The van der Waals surface area contributed by atoms with Crippen LogP contribution in [0.4, 0.5) is 8.78 Å². The van der Waals surface area contributed by atoms with E-state index in [0.29, 0.717) is 24.2 Å². The Morgan fingerprint density at radius 2 is 1.17 bits per heavy atom. The zero-order valence-electron chi connectivity index (χ0n) is 13.3. The van der Waals surface area contributed by atoms with Crippen molar-refractivity contribution in [1.82, 2.24) is 4.90 Å². The Kier molecular flexibility index (Phi) is 4.67. The predicted octanol–water partition coefficient (Wildman–Crippen LogP) is 3.95. The molecule has 1 heterocycles. The first-order valence-corrected chi connectivity index (χ1v) is 7.67. The number of carbonyl (C=O) groups is 1. The number of halogens is 2. The number of nitrogens with zero attached hydrogens (tertiary/aromatic N) is 1. The molecule has 1 aliphatic rings. The van der Waals surface area contributed by atoms with Crippen LogP contribution in [0.1, 0.15) is 11.1 Å². The van der Waals surface area contributed by atoms with Crippen LogP contribution in [-0.2, 0) is 4.79 Å². The molecule has 0 radical (unpaired) electrons. The van der Waals surface area contributed by atoms with Crippen molar-refractivity contribution in [3.8, 4) is 0 Å². The lowest BCUT2D eigenvalue weighted by atomic mass is 9.94. The van der Waals surface area contributed by atoms with Crippen molar-refractivity contribution in [3.63, 3.8) is 0 Å². The van der Waals surface area contributed by atoms with Crippen LogP contribution < -0.4 is 0 Å². The van der Waals surface area contributed by atoms with Gasteiger partial charge in [0.15, 0.2) is 5.78 Å². The van der Waals surface area contributed by atoms with Gasteiger partial charge in [0.2, 0.25) is 0 Å². The van der Waals surface area contributed by atoms with Gasteiger partial charge in [-0.05, 0) is 54.6 Å². The number of ketones is 1. The predicted molar refractivity (Wildman–Crippen MR) is 91.3 cm³/mol. The highest BCUT2D eigenvalue weighted by Gasteiger charge is 2.23. The van der Waals surface area contributed by atoms with Gasteiger partial charge in [-0.2, -0.15) is 0 Å². The Morgan fingerprint density at radius 3 is 1.54 bits per heavy atom. The van der Waals surface area contributed by atoms with E-state index in [1.54, 1.807) is 36.4 Å². The van der Waals surface area contributed by atoms with Crippen molar-refractivity contribution in [3.05, 3.63) is 82.4 Å². The quantitative estimate of drug-likeness (QED) is 0.779. The van der Waals surface area contributed by atoms with E-state index in [0.717, 1.165) is 11.1 Å². The first-order chi connectivity index (χ1) is 11.5. The number of likely N-dealkylation sites (N-methyl/N-ethyl adjacent to an activating group) is 1. The summed E-state index contributed by atoms with van der Waals surface area (Å²) in [7, 11) is 1.93. The first-order valence-electron chi connectivity index (χ1n) is 7.67. The Hall–Kier alpha value is -2.59. The van der Waals surface area contributed by atoms with Gasteiger partial charge in [-0.3, -0.25) is 9.69 Å². The standard InChI is InChI=1S/C20H17F2NO/c1-23-12-16(10-14-2-6-18(21)7-3-14)20(24)17(13-23)11-15-4-8-19(22)9-5-15/h2-11H,12-13H2,1H3/b16-10+,17-11+. The second-order valence-corrected chi connectivity index (χ2v) is 5.94. The third-order valence-corrected chi connectivity index (χ3v) is 3.89. The second-order valence-electron chi connectivity index (χ2n) is 5.94. The highest BCUT2D eigenvalue weighted by Crippen LogP contribution is 2.21. The van der Waals surface area contributed by atoms with Gasteiger partial charge >= 0.3 is 0 Å². The number of hydrogen-bond acceptors (Lipinski definition) is 2. The van der Waals surface area contributed by atoms with E-state index in [9.17, 15) is 13.6 Å². The molecule has 122 valence electrons. The van der Waals surface area contributed by atoms with Crippen molar-refractivity contribution in [2.24, 2.45) is 0 Å². The third kappa shape index (κ3) is 3.84. The van der Waals surface area contributed by atoms with Gasteiger partial charge in [0, 0.05) is 24.2 Å². The van der Waals surface area contributed by atoms with Crippen LogP contribution >= 0.6 is 0 Å². The molecule has 1 fully saturated rings. The van der Waals surface area contributed by atoms with Crippen LogP contribution in [0.3, 0.4) is 0 Å². The first kappa shape index (κ1) is 16.3. The lowest BCUT2D eigenvalue weighted by Crippen LogP contribution is -2.34. The monoisotopic (exact) mass is 325 g/mol. The molecule has 2 nitrogen and oxygen atoms in total. The van der Waals surface area contributed by atoms with Crippen LogP contribution in [0.5, 0.6) is 0 Å². The Bertz CT molecular complexity index is 737. The highest BCUT2D eigenvalue weighted by molar-refractivity contribution is 6.14. The molecular weight excluding hydrogens is 308 g/mol. The van der Waals surface area contributed by atoms with Crippen molar-refractivity contribution >= 4 is 17.9 Å². The number of benzene rings is 2. The molecule has 0 aliphatic carbocycles. The summed E-state index contributed by atoms with van der Waals surface area (Å²) in [6.45, 7) is 1.08. The van der Waals surface area contributed by atoms with Crippen LogP contribution in [0.15, 0.2) is 59.7 Å². The summed E-state index contributed by atoms with van der Waals surface area (Å²) in [4.78, 5) is 14.7. The molecule has 4 heteroatoms. The molecule has 0 amide bonds. The minimum Gasteiger partial charge on any atom is -0.298 e. The molecule has 2 aromatic rings. The zero-order chi connectivity index (χ0) is 17.1. The Balaban J connectivity index is 1.90. The number of carbonyl (C=O) groups excluding carboxylic acids is 1. The normalized spacial score (nSPS) is 19.2. The molecule has 1 aliphatic heterocycles. The van der Waals surface area contributed by atoms with Crippen molar-refractivity contribution in [1.29, 1.82) is 0 Å². The summed E-state index contributed by atoms with van der Waals surface area (Å²) in [5.41, 5.74) is 2.89. The van der Waals surface area contributed by atoms with Gasteiger partial charge in [-0.1, -0.05) is 24.3 Å². The van der Waals surface area contributed by atoms with Crippen molar-refractivity contribution in [2.75, 3.05) is 20.1 Å². The fraction of sp³-hybridized carbons (Fsp3) is 0.150. The van der Waals surface area contributed by atoms with Crippen molar-refractivity contribution < 1.29 is 13.6 Å². The largest absolute Gasteiger partial charge is 0.298 e. The van der Waals surface area contributed by atoms with Crippen LogP contribution in [0, 0.1) is 11.6 Å². The molecule has 0 bridgehead atoms. The smallest absolute Gasteiger partial charge is 0.187 e. The summed E-state index contributed by atoms with van der Waals surface area (Å²) in [5, 5.41) is 0. The van der Waals surface area contributed by atoms with Crippen LogP contribution in [-0.4, -0.2) is 30.8 Å². The van der Waals surface area contributed by atoms with Gasteiger partial charge in [-0.25, -0.2) is 8.78 Å². The maximum absolute atomic E-state index is 13.0. The van der Waals surface area contributed by atoms with Gasteiger partial charge in [-0.15, -0.1) is 0 Å². The average Bonchev–Trinajstić information content (AvgIpc) is 2.56.